The summed E-state index contributed by atoms with van der Waals surface area (Å²) in [7, 11) is 0. The molecule has 0 aliphatic carbocycles. The Morgan fingerprint density at radius 1 is 1.13 bits per heavy atom. The summed E-state index contributed by atoms with van der Waals surface area (Å²) in [6.07, 6.45) is 2.41. The van der Waals surface area contributed by atoms with Gasteiger partial charge in [-0.15, -0.1) is 0 Å². The van der Waals surface area contributed by atoms with E-state index >= 15 is 0 Å². The van der Waals surface area contributed by atoms with E-state index in [1.807, 2.05) is 0 Å². The Morgan fingerprint density at radius 2 is 1.97 bits per heavy atom. The van der Waals surface area contributed by atoms with E-state index < -0.39 is 0 Å². The van der Waals surface area contributed by atoms with Crippen molar-refractivity contribution in [3.63, 3.8) is 0 Å². The van der Waals surface area contributed by atoms with Crippen LogP contribution in [-0.2, 0) is 17.8 Å². The molecule has 0 amide bonds. The van der Waals surface area contributed by atoms with Gasteiger partial charge >= 0.3 is 0 Å². The minimum absolute atomic E-state index is 0.215. The fraction of sp³-hybridized carbons (Fsp3) is 0.333. The Bertz CT molecular complexity index is 1250. The molecule has 1 N–H and O–H groups in total. The Morgan fingerprint density at radius 3 is 2.73 bits per heavy atom. The van der Waals surface area contributed by atoms with Gasteiger partial charge in [0.1, 0.15) is 0 Å². The molecule has 154 valence electrons. The lowest BCUT2D eigenvalue weighted by Gasteiger charge is -2.12. The monoisotopic (exact) mass is 418 g/mol. The van der Waals surface area contributed by atoms with Crippen molar-refractivity contribution in [3.05, 3.63) is 70.1 Å². The highest BCUT2D eigenvalue weighted by atomic mass is 32.1. The predicted molar refractivity (Wildman–Crippen MR) is 122 cm³/mol. The fourth-order valence-electron chi connectivity index (χ4n) is 4.46. The molecule has 0 radical (unpaired) electrons. The highest BCUT2D eigenvalue weighted by molar-refractivity contribution is 7.71. The largest absolute Gasteiger partial charge is 0.376 e. The van der Waals surface area contributed by atoms with Crippen LogP contribution in [0.1, 0.15) is 29.7 Å². The zero-order valence-corrected chi connectivity index (χ0v) is 18.2. The second kappa shape index (κ2) is 7.85. The number of aromatic nitrogens is 4. The van der Waals surface area contributed by atoms with Crippen LogP contribution in [0.15, 0.2) is 48.5 Å². The number of aryl methyl sites for hydroxylation is 1. The van der Waals surface area contributed by atoms with Crippen LogP contribution in [0.3, 0.4) is 0 Å². The van der Waals surface area contributed by atoms with Crippen molar-refractivity contribution in [2.24, 2.45) is 0 Å². The summed E-state index contributed by atoms with van der Waals surface area (Å²) < 4.78 is 10.9. The molecule has 1 aliphatic rings. The number of nitrogens with one attached hydrogen (secondary N) is 1. The van der Waals surface area contributed by atoms with Gasteiger partial charge in [0.25, 0.3) is 0 Å². The van der Waals surface area contributed by atoms with Crippen molar-refractivity contribution in [3.8, 4) is 11.4 Å². The van der Waals surface area contributed by atoms with Gasteiger partial charge < -0.3 is 9.30 Å². The van der Waals surface area contributed by atoms with Crippen molar-refractivity contribution >= 4 is 23.1 Å². The number of benzene rings is 2. The first-order valence-corrected chi connectivity index (χ1v) is 10.9. The van der Waals surface area contributed by atoms with E-state index in [1.54, 1.807) is 0 Å². The summed E-state index contributed by atoms with van der Waals surface area (Å²) in [5.41, 5.74) is 6.23. The highest BCUT2D eigenvalue weighted by Gasteiger charge is 2.20. The first-order chi connectivity index (χ1) is 14.6. The van der Waals surface area contributed by atoms with Crippen LogP contribution in [-0.4, -0.2) is 32.0 Å². The molecule has 3 heterocycles. The summed E-state index contributed by atoms with van der Waals surface area (Å²) >= 11 is 5.51. The minimum Gasteiger partial charge on any atom is -0.376 e. The Labute approximate surface area is 181 Å². The van der Waals surface area contributed by atoms with Crippen LogP contribution in [0.5, 0.6) is 0 Å². The highest BCUT2D eigenvalue weighted by Crippen LogP contribution is 2.30. The van der Waals surface area contributed by atoms with Gasteiger partial charge in [-0.3, -0.25) is 9.67 Å². The van der Waals surface area contributed by atoms with Crippen molar-refractivity contribution in [1.29, 1.82) is 0 Å². The molecule has 1 unspecified atom stereocenters. The molecule has 5 rings (SSSR count). The number of hydrogen-bond acceptors (Lipinski definition) is 3. The molecule has 0 saturated carbocycles. The molecule has 1 atom stereocenters. The normalized spacial score (nSPS) is 16.5. The van der Waals surface area contributed by atoms with E-state index in [9.17, 15) is 0 Å². The van der Waals surface area contributed by atoms with Crippen LogP contribution >= 0.6 is 12.2 Å². The number of nitrogens with zero attached hydrogens (tertiary/aromatic N) is 3. The standard InChI is InChI=1S/C24H26N4OS/c1-16-17(2)27(14-18-7-4-3-5-8-18)22-11-10-19(13-21(16)22)23-25-26-24(30)28(23)15-20-9-6-12-29-20/h3-5,7-8,10-11,13,20H,6,9,12,14-15H2,1-2H3,(H,26,30). The lowest BCUT2D eigenvalue weighted by atomic mass is 10.1. The quantitative estimate of drug-likeness (QED) is 0.441. The number of H-pyrrole nitrogens is 1. The van der Waals surface area contributed by atoms with Crippen molar-refractivity contribution in [1.82, 2.24) is 19.3 Å². The van der Waals surface area contributed by atoms with E-state index in [0.29, 0.717) is 4.77 Å². The van der Waals surface area contributed by atoms with E-state index in [0.717, 1.165) is 43.9 Å². The van der Waals surface area contributed by atoms with Crippen molar-refractivity contribution < 1.29 is 4.74 Å². The van der Waals surface area contributed by atoms with E-state index in [-0.39, 0.29) is 6.10 Å². The third kappa shape index (κ3) is 3.40. The average molecular weight is 419 g/mol. The molecule has 1 fully saturated rings. The molecule has 30 heavy (non-hydrogen) atoms. The van der Waals surface area contributed by atoms with E-state index in [4.69, 9.17) is 17.0 Å². The molecule has 1 saturated heterocycles. The molecule has 0 spiro atoms. The topological polar surface area (TPSA) is 47.8 Å². The maximum atomic E-state index is 5.83. The SMILES string of the molecule is Cc1c(C)n(Cc2ccccc2)c2ccc(-c3n[nH]c(=S)n3CC3CCCO3)cc12. The zero-order chi connectivity index (χ0) is 20.7. The smallest absolute Gasteiger partial charge is 0.195 e. The van der Waals surface area contributed by atoms with Crippen LogP contribution < -0.4 is 0 Å². The van der Waals surface area contributed by atoms with Gasteiger partial charge in [0.2, 0.25) is 0 Å². The third-order valence-electron chi connectivity index (χ3n) is 6.25. The van der Waals surface area contributed by atoms with Gasteiger partial charge in [-0.25, -0.2) is 0 Å². The number of ether oxygens (including phenoxy) is 1. The number of fused-ring (bicyclic) bond motifs is 1. The van der Waals surface area contributed by atoms with Crippen LogP contribution in [0.2, 0.25) is 0 Å². The van der Waals surface area contributed by atoms with Crippen molar-refractivity contribution in [2.45, 2.75) is 45.9 Å². The van der Waals surface area contributed by atoms with Gasteiger partial charge in [0, 0.05) is 35.3 Å². The van der Waals surface area contributed by atoms with Gasteiger partial charge in [-0.2, -0.15) is 5.10 Å². The zero-order valence-electron chi connectivity index (χ0n) is 17.4. The molecule has 2 aromatic carbocycles. The molecule has 0 bridgehead atoms. The Hall–Kier alpha value is -2.70. The van der Waals surface area contributed by atoms with Gasteiger partial charge in [0.15, 0.2) is 10.6 Å². The summed E-state index contributed by atoms with van der Waals surface area (Å²) in [6.45, 7) is 6.85. The number of aromatic amines is 1. The molecule has 6 heteroatoms. The third-order valence-corrected chi connectivity index (χ3v) is 6.56. The Kier molecular flexibility index (Phi) is 5.05. The molecule has 5 nitrogen and oxygen atoms in total. The maximum absolute atomic E-state index is 5.83. The van der Waals surface area contributed by atoms with E-state index in [1.165, 1.54) is 27.7 Å². The number of hydrogen-bond donors (Lipinski definition) is 1. The summed E-state index contributed by atoms with van der Waals surface area (Å²) in [4.78, 5) is 0. The maximum Gasteiger partial charge on any atom is 0.195 e. The average Bonchev–Trinajstić information content (AvgIpc) is 3.47. The predicted octanol–water partition coefficient (Wildman–Crippen LogP) is 5.41. The van der Waals surface area contributed by atoms with Gasteiger partial charge in [0.05, 0.1) is 12.6 Å². The molecular formula is C24H26N4OS. The van der Waals surface area contributed by atoms with Crippen LogP contribution in [0.4, 0.5) is 0 Å². The van der Waals surface area contributed by atoms with Crippen molar-refractivity contribution in [2.75, 3.05) is 6.61 Å². The number of rotatable bonds is 5. The lowest BCUT2D eigenvalue weighted by molar-refractivity contribution is 0.0970. The van der Waals surface area contributed by atoms with E-state index in [2.05, 4.69) is 81.7 Å². The summed E-state index contributed by atoms with van der Waals surface area (Å²) in [6, 6.07) is 17.2. The lowest BCUT2D eigenvalue weighted by Crippen LogP contribution is -2.16. The second-order valence-electron chi connectivity index (χ2n) is 8.11. The molecular weight excluding hydrogens is 392 g/mol. The second-order valence-corrected chi connectivity index (χ2v) is 8.50. The first-order valence-electron chi connectivity index (χ1n) is 10.5. The summed E-state index contributed by atoms with van der Waals surface area (Å²) in [5.74, 6) is 0.880. The van der Waals surface area contributed by atoms with Gasteiger partial charge in [-0.05, 0) is 68.2 Å². The first kappa shape index (κ1) is 19.3. The molecule has 1 aliphatic heterocycles. The van der Waals surface area contributed by atoms with Crippen LogP contribution in [0, 0.1) is 18.6 Å². The minimum atomic E-state index is 0.215. The summed E-state index contributed by atoms with van der Waals surface area (Å²) in [5, 5.41) is 8.78. The Balaban J connectivity index is 1.55. The fourth-order valence-corrected chi connectivity index (χ4v) is 4.66. The molecule has 2 aromatic heterocycles. The molecule has 4 aromatic rings. The van der Waals surface area contributed by atoms with Gasteiger partial charge in [-0.1, -0.05) is 30.3 Å². The van der Waals surface area contributed by atoms with Crippen LogP contribution in [0.25, 0.3) is 22.3 Å².